The number of hydrogen-bond acceptors (Lipinski definition) is 2. The largest absolute Gasteiger partial charge is 0.314 e. The third-order valence-corrected chi connectivity index (χ3v) is 3.89. The van der Waals surface area contributed by atoms with Gasteiger partial charge in [0.1, 0.15) is 0 Å². The van der Waals surface area contributed by atoms with Gasteiger partial charge in [0.25, 0.3) is 0 Å². The summed E-state index contributed by atoms with van der Waals surface area (Å²) in [5.74, 6) is 0.799. The number of pyridine rings is 1. The fraction of sp³-hybridized carbons (Fsp3) is 0.615. The van der Waals surface area contributed by atoms with Gasteiger partial charge in [0.15, 0.2) is 0 Å². The van der Waals surface area contributed by atoms with Crippen LogP contribution in [0, 0.1) is 5.92 Å². The van der Waals surface area contributed by atoms with Gasteiger partial charge in [-0.05, 0) is 43.9 Å². The molecule has 0 amide bonds. The van der Waals surface area contributed by atoms with Gasteiger partial charge in [-0.25, -0.2) is 0 Å². The summed E-state index contributed by atoms with van der Waals surface area (Å²) in [6.07, 6.45) is 5.97. The first-order valence-corrected chi connectivity index (χ1v) is 5.94. The van der Waals surface area contributed by atoms with Gasteiger partial charge in [-0.2, -0.15) is 0 Å². The molecule has 80 valence electrons. The molecule has 2 heteroatoms. The molecule has 2 unspecified atom stereocenters. The zero-order valence-corrected chi connectivity index (χ0v) is 9.24. The molecular weight excluding hydrogens is 184 g/mol. The van der Waals surface area contributed by atoms with Crippen LogP contribution in [0.1, 0.15) is 31.9 Å². The van der Waals surface area contributed by atoms with Crippen LogP contribution in [-0.2, 0) is 5.41 Å². The number of rotatable bonds is 4. The second kappa shape index (κ2) is 3.31. The summed E-state index contributed by atoms with van der Waals surface area (Å²) in [4.78, 5) is 4.48. The van der Waals surface area contributed by atoms with Gasteiger partial charge in [0, 0.05) is 23.3 Å². The van der Waals surface area contributed by atoms with Gasteiger partial charge in [-0.1, -0.05) is 13.0 Å². The fourth-order valence-corrected chi connectivity index (χ4v) is 2.36. The molecular formula is C13H18N2. The predicted molar refractivity (Wildman–Crippen MR) is 60.7 cm³/mol. The standard InChI is InChI=1S/C13H18N2/c1-13(12-4-2-3-7-14-12)8-10(13)9-15-11-5-6-11/h2-4,7,10-11,15H,5-6,8-9H2,1H3. The smallest absolute Gasteiger partial charge is 0.0465 e. The highest BCUT2D eigenvalue weighted by Crippen LogP contribution is 2.52. The number of aromatic nitrogens is 1. The molecule has 2 aliphatic rings. The fourth-order valence-electron chi connectivity index (χ4n) is 2.36. The lowest BCUT2D eigenvalue weighted by atomic mass is 10.0. The number of nitrogens with zero attached hydrogens (tertiary/aromatic N) is 1. The van der Waals surface area contributed by atoms with E-state index in [0.29, 0.717) is 5.41 Å². The molecule has 15 heavy (non-hydrogen) atoms. The van der Waals surface area contributed by atoms with E-state index in [-0.39, 0.29) is 0 Å². The molecule has 0 aromatic carbocycles. The Morgan fingerprint density at radius 3 is 3.00 bits per heavy atom. The van der Waals surface area contributed by atoms with Crippen molar-refractivity contribution in [1.82, 2.24) is 10.3 Å². The molecule has 1 N–H and O–H groups in total. The number of nitrogens with one attached hydrogen (secondary N) is 1. The average molecular weight is 202 g/mol. The Balaban J connectivity index is 1.62. The van der Waals surface area contributed by atoms with Crippen LogP contribution >= 0.6 is 0 Å². The Bertz CT molecular complexity index is 345. The van der Waals surface area contributed by atoms with Crippen molar-refractivity contribution in [3.05, 3.63) is 30.1 Å². The van der Waals surface area contributed by atoms with Crippen LogP contribution in [0.4, 0.5) is 0 Å². The van der Waals surface area contributed by atoms with Crippen molar-refractivity contribution in [3.8, 4) is 0 Å². The molecule has 0 spiro atoms. The zero-order valence-electron chi connectivity index (χ0n) is 9.24. The van der Waals surface area contributed by atoms with Crippen molar-refractivity contribution < 1.29 is 0 Å². The minimum Gasteiger partial charge on any atom is -0.314 e. The maximum absolute atomic E-state index is 4.48. The Morgan fingerprint density at radius 2 is 2.33 bits per heavy atom. The van der Waals surface area contributed by atoms with Crippen molar-refractivity contribution in [2.75, 3.05) is 6.54 Å². The topological polar surface area (TPSA) is 24.9 Å². The molecule has 0 saturated heterocycles. The third kappa shape index (κ3) is 1.78. The van der Waals surface area contributed by atoms with Crippen molar-refractivity contribution in [1.29, 1.82) is 0 Å². The maximum atomic E-state index is 4.48. The lowest BCUT2D eigenvalue weighted by molar-refractivity contribution is 0.568. The van der Waals surface area contributed by atoms with E-state index in [9.17, 15) is 0 Å². The van der Waals surface area contributed by atoms with Gasteiger partial charge >= 0.3 is 0 Å². The summed E-state index contributed by atoms with van der Waals surface area (Å²) in [5, 5.41) is 3.62. The van der Waals surface area contributed by atoms with Crippen molar-refractivity contribution in [2.24, 2.45) is 5.92 Å². The predicted octanol–water partition coefficient (Wildman–Crippen LogP) is 2.11. The summed E-state index contributed by atoms with van der Waals surface area (Å²) in [6, 6.07) is 7.08. The van der Waals surface area contributed by atoms with Crippen LogP contribution in [0.5, 0.6) is 0 Å². The Labute approximate surface area is 91.1 Å². The summed E-state index contributed by atoms with van der Waals surface area (Å²) in [5.41, 5.74) is 1.62. The van der Waals surface area contributed by atoms with Gasteiger partial charge in [0.2, 0.25) is 0 Å². The molecule has 3 rings (SSSR count). The lowest BCUT2D eigenvalue weighted by Crippen LogP contribution is -2.22. The minimum absolute atomic E-state index is 0.350. The van der Waals surface area contributed by atoms with Crippen LogP contribution < -0.4 is 5.32 Å². The monoisotopic (exact) mass is 202 g/mol. The summed E-state index contributed by atoms with van der Waals surface area (Å²) < 4.78 is 0. The highest BCUT2D eigenvalue weighted by molar-refractivity contribution is 5.26. The van der Waals surface area contributed by atoms with Gasteiger partial charge < -0.3 is 5.32 Å². The molecule has 2 atom stereocenters. The third-order valence-electron chi connectivity index (χ3n) is 3.89. The van der Waals surface area contributed by atoms with Crippen LogP contribution in [-0.4, -0.2) is 17.6 Å². The highest BCUT2D eigenvalue weighted by atomic mass is 15.0. The second-order valence-electron chi connectivity index (χ2n) is 5.22. The molecule has 0 aliphatic heterocycles. The second-order valence-corrected chi connectivity index (χ2v) is 5.22. The van der Waals surface area contributed by atoms with Crippen LogP contribution in [0.3, 0.4) is 0 Å². The molecule has 2 fully saturated rings. The molecule has 2 aliphatic carbocycles. The summed E-state index contributed by atoms with van der Waals surface area (Å²) in [7, 11) is 0. The van der Waals surface area contributed by atoms with Crippen LogP contribution in [0.2, 0.25) is 0 Å². The Morgan fingerprint density at radius 1 is 1.47 bits per heavy atom. The first-order valence-electron chi connectivity index (χ1n) is 5.94. The molecule has 1 aromatic rings. The van der Waals surface area contributed by atoms with Crippen molar-refractivity contribution in [3.63, 3.8) is 0 Å². The number of hydrogen-bond donors (Lipinski definition) is 1. The molecule has 2 saturated carbocycles. The summed E-state index contributed by atoms with van der Waals surface area (Å²) in [6.45, 7) is 3.52. The first-order chi connectivity index (χ1) is 7.29. The Hall–Kier alpha value is -0.890. The molecule has 2 nitrogen and oxygen atoms in total. The van der Waals surface area contributed by atoms with E-state index in [0.717, 1.165) is 12.0 Å². The van der Waals surface area contributed by atoms with Gasteiger partial charge in [-0.15, -0.1) is 0 Å². The van der Waals surface area contributed by atoms with E-state index in [2.05, 4.69) is 29.4 Å². The van der Waals surface area contributed by atoms with E-state index in [1.165, 1.54) is 31.5 Å². The van der Waals surface area contributed by atoms with E-state index < -0.39 is 0 Å². The normalized spacial score (nSPS) is 34.1. The molecule has 0 bridgehead atoms. The molecule has 1 aromatic heterocycles. The minimum atomic E-state index is 0.350. The van der Waals surface area contributed by atoms with Crippen LogP contribution in [0.25, 0.3) is 0 Å². The van der Waals surface area contributed by atoms with Crippen molar-refractivity contribution >= 4 is 0 Å². The first kappa shape index (κ1) is 9.34. The van der Waals surface area contributed by atoms with Crippen molar-refractivity contribution in [2.45, 2.75) is 37.6 Å². The van der Waals surface area contributed by atoms with E-state index >= 15 is 0 Å². The molecule has 1 heterocycles. The SMILES string of the molecule is CC1(c2ccccn2)CC1CNC1CC1. The van der Waals surface area contributed by atoms with E-state index in [4.69, 9.17) is 0 Å². The van der Waals surface area contributed by atoms with Gasteiger partial charge in [-0.3, -0.25) is 4.98 Å². The quantitative estimate of drug-likeness (QED) is 0.809. The summed E-state index contributed by atoms with van der Waals surface area (Å²) >= 11 is 0. The Kier molecular flexibility index (Phi) is 2.06. The zero-order chi connectivity index (χ0) is 10.3. The molecule has 0 radical (unpaired) electrons. The average Bonchev–Trinajstić information content (AvgIpc) is 3.14. The van der Waals surface area contributed by atoms with E-state index in [1.807, 2.05) is 12.3 Å². The van der Waals surface area contributed by atoms with Crippen LogP contribution in [0.15, 0.2) is 24.4 Å². The maximum Gasteiger partial charge on any atom is 0.0465 e. The highest BCUT2D eigenvalue weighted by Gasteiger charge is 2.52. The van der Waals surface area contributed by atoms with E-state index in [1.54, 1.807) is 0 Å². The van der Waals surface area contributed by atoms with Gasteiger partial charge in [0.05, 0.1) is 0 Å². The lowest BCUT2D eigenvalue weighted by Gasteiger charge is -2.10.